The van der Waals surface area contributed by atoms with Crippen molar-refractivity contribution in [1.82, 2.24) is 5.32 Å². The molecule has 0 bridgehead atoms. The standard InChI is InChI=1S/C13H15FN2O3/c1-19-12(17)8-10-13(18)16(7-6-15-10)11-5-3-2-4-9(11)14/h2-5,10,15H,6-8H2,1H3. The Morgan fingerprint density at radius 3 is 2.95 bits per heavy atom. The minimum absolute atomic E-state index is 0.0553. The van der Waals surface area contributed by atoms with E-state index >= 15 is 0 Å². The molecule has 1 aromatic carbocycles. The summed E-state index contributed by atoms with van der Waals surface area (Å²) in [7, 11) is 1.27. The third-order valence-electron chi connectivity index (χ3n) is 3.03. The second-order valence-electron chi connectivity index (χ2n) is 4.23. The zero-order valence-electron chi connectivity index (χ0n) is 10.6. The predicted molar refractivity (Wildman–Crippen MR) is 67.2 cm³/mol. The fraction of sp³-hybridized carbons (Fsp3) is 0.385. The lowest BCUT2D eigenvalue weighted by Gasteiger charge is -2.32. The quantitative estimate of drug-likeness (QED) is 0.818. The predicted octanol–water partition coefficient (Wildman–Crippen LogP) is 0.694. The van der Waals surface area contributed by atoms with Gasteiger partial charge in [0.1, 0.15) is 5.82 Å². The van der Waals surface area contributed by atoms with Gasteiger partial charge in [0, 0.05) is 13.1 Å². The van der Waals surface area contributed by atoms with Gasteiger partial charge in [0.15, 0.2) is 0 Å². The van der Waals surface area contributed by atoms with Crippen LogP contribution in [0.25, 0.3) is 0 Å². The second kappa shape index (κ2) is 5.79. The van der Waals surface area contributed by atoms with Crippen LogP contribution in [0.5, 0.6) is 0 Å². The van der Waals surface area contributed by atoms with Crippen molar-refractivity contribution in [2.45, 2.75) is 12.5 Å². The fourth-order valence-electron chi connectivity index (χ4n) is 2.06. The molecule has 0 saturated carbocycles. The third kappa shape index (κ3) is 2.90. The van der Waals surface area contributed by atoms with Gasteiger partial charge in [-0.05, 0) is 12.1 Å². The van der Waals surface area contributed by atoms with Crippen molar-refractivity contribution in [3.05, 3.63) is 30.1 Å². The Morgan fingerprint density at radius 2 is 2.26 bits per heavy atom. The molecule has 0 aromatic heterocycles. The van der Waals surface area contributed by atoms with Gasteiger partial charge < -0.3 is 15.0 Å². The molecular weight excluding hydrogens is 251 g/mol. The molecule has 19 heavy (non-hydrogen) atoms. The monoisotopic (exact) mass is 266 g/mol. The normalized spacial score (nSPS) is 19.4. The summed E-state index contributed by atoms with van der Waals surface area (Å²) in [6.07, 6.45) is -0.0553. The summed E-state index contributed by atoms with van der Waals surface area (Å²) in [5.74, 6) is -1.24. The van der Waals surface area contributed by atoms with Crippen molar-refractivity contribution >= 4 is 17.6 Å². The first kappa shape index (κ1) is 13.5. The number of hydrogen-bond acceptors (Lipinski definition) is 4. The Labute approximate surface area is 110 Å². The smallest absolute Gasteiger partial charge is 0.307 e. The highest BCUT2D eigenvalue weighted by molar-refractivity contribution is 5.99. The second-order valence-corrected chi connectivity index (χ2v) is 4.23. The number of halogens is 1. The number of ether oxygens (including phenoxy) is 1. The summed E-state index contributed by atoms with van der Waals surface area (Å²) in [6, 6.07) is 5.43. The number of para-hydroxylation sites is 1. The highest BCUT2D eigenvalue weighted by Gasteiger charge is 2.32. The van der Waals surface area contributed by atoms with Gasteiger partial charge in [-0.2, -0.15) is 0 Å². The van der Waals surface area contributed by atoms with Crippen LogP contribution in [0.2, 0.25) is 0 Å². The van der Waals surface area contributed by atoms with E-state index in [0.29, 0.717) is 13.1 Å². The van der Waals surface area contributed by atoms with E-state index in [-0.39, 0.29) is 18.0 Å². The van der Waals surface area contributed by atoms with Crippen LogP contribution in [-0.4, -0.2) is 38.1 Å². The lowest BCUT2D eigenvalue weighted by Crippen LogP contribution is -2.56. The van der Waals surface area contributed by atoms with Crippen LogP contribution in [0.4, 0.5) is 10.1 Å². The average molecular weight is 266 g/mol. The highest BCUT2D eigenvalue weighted by atomic mass is 19.1. The maximum Gasteiger partial charge on any atom is 0.307 e. The number of esters is 1. The Morgan fingerprint density at radius 1 is 1.53 bits per heavy atom. The van der Waals surface area contributed by atoms with Crippen molar-refractivity contribution in [3.63, 3.8) is 0 Å². The lowest BCUT2D eigenvalue weighted by atomic mass is 10.1. The van der Waals surface area contributed by atoms with Crippen LogP contribution in [0, 0.1) is 5.82 Å². The molecule has 1 amide bonds. The molecule has 1 unspecified atom stereocenters. The first-order valence-electron chi connectivity index (χ1n) is 5.99. The topological polar surface area (TPSA) is 58.6 Å². The van der Waals surface area contributed by atoms with Crippen LogP contribution < -0.4 is 10.2 Å². The molecule has 1 fully saturated rings. The maximum atomic E-state index is 13.7. The highest BCUT2D eigenvalue weighted by Crippen LogP contribution is 2.21. The first-order chi connectivity index (χ1) is 9.13. The van der Waals surface area contributed by atoms with Crippen molar-refractivity contribution in [2.24, 2.45) is 0 Å². The number of nitrogens with zero attached hydrogens (tertiary/aromatic N) is 1. The molecule has 2 rings (SSSR count). The number of amides is 1. The number of carbonyl (C=O) groups is 2. The van der Waals surface area contributed by atoms with Crippen LogP contribution in [0.1, 0.15) is 6.42 Å². The van der Waals surface area contributed by atoms with E-state index in [1.54, 1.807) is 18.2 Å². The summed E-state index contributed by atoms with van der Waals surface area (Å²) >= 11 is 0. The Hall–Kier alpha value is -1.95. The number of carbonyl (C=O) groups excluding carboxylic acids is 2. The fourth-order valence-corrected chi connectivity index (χ4v) is 2.06. The first-order valence-corrected chi connectivity index (χ1v) is 5.99. The van der Waals surface area contributed by atoms with Gasteiger partial charge >= 0.3 is 5.97 Å². The summed E-state index contributed by atoms with van der Waals surface area (Å²) in [5, 5.41) is 2.94. The molecule has 0 aliphatic carbocycles. The average Bonchev–Trinajstić information content (AvgIpc) is 2.42. The molecule has 0 radical (unpaired) electrons. The largest absolute Gasteiger partial charge is 0.469 e. The third-order valence-corrected chi connectivity index (χ3v) is 3.03. The van der Waals surface area contributed by atoms with E-state index in [4.69, 9.17) is 0 Å². The molecule has 1 atom stereocenters. The van der Waals surface area contributed by atoms with Crippen LogP contribution in [0.15, 0.2) is 24.3 Å². The number of anilines is 1. The number of benzene rings is 1. The van der Waals surface area contributed by atoms with Crippen molar-refractivity contribution < 1.29 is 18.7 Å². The van der Waals surface area contributed by atoms with Gasteiger partial charge in [-0.15, -0.1) is 0 Å². The zero-order chi connectivity index (χ0) is 13.8. The molecule has 6 heteroatoms. The summed E-state index contributed by atoms with van der Waals surface area (Å²) in [4.78, 5) is 24.8. The molecule has 102 valence electrons. The molecular formula is C13H15FN2O3. The van der Waals surface area contributed by atoms with E-state index in [2.05, 4.69) is 10.1 Å². The molecule has 1 saturated heterocycles. The minimum Gasteiger partial charge on any atom is -0.469 e. The zero-order valence-corrected chi connectivity index (χ0v) is 10.6. The van der Waals surface area contributed by atoms with Gasteiger partial charge in [-0.25, -0.2) is 4.39 Å². The number of nitrogens with one attached hydrogen (secondary N) is 1. The van der Waals surface area contributed by atoms with E-state index in [1.165, 1.54) is 18.1 Å². The lowest BCUT2D eigenvalue weighted by molar-refractivity contribution is -0.143. The van der Waals surface area contributed by atoms with Gasteiger partial charge in [0.05, 0.1) is 25.3 Å². The van der Waals surface area contributed by atoms with Gasteiger partial charge in [0.25, 0.3) is 0 Å². The number of hydrogen-bond donors (Lipinski definition) is 1. The maximum absolute atomic E-state index is 13.7. The molecule has 5 nitrogen and oxygen atoms in total. The van der Waals surface area contributed by atoms with Crippen LogP contribution >= 0.6 is 0 Å². The van der Waals surface area contributed by atoms with E-state index in [9.17, 15) is 14.0 Å². The summed E-state index contributed by atoms with van der Waals surface area (Å²) in [5.41, 5.74) is 0.240. The van der Waals surface area contributed by atoms with Crippen molar-refractivity contribution in [3.8, 4) is 0 Å². The summed E-state index contributed by atoms with van der Waals surface area (Å²) < 4.78 is 18.2. The van der Waals surface area contributed by atoms with Crippen LogP contribution in [0.3, 0.4) is 0 Å². The molecule has 1 N–H and O–H groups in total. The minimum atomic E-state index is -0.666. The molecule has 0 spiro atoms. The van der Waals surface area contributed by atoms with Gasteiger partial charge in [-0.1, -0.05) is 12.1 Å². The van der Waals surface area contributed by atoms with E-state index in [1.807, 2.05) is 0 Å². The Kier molecular flexibility index (Phi) is 4.11. The number of rotatable bonds is 3. The Bertz CT molecular complexity index is 493. The molecule has 1 aliphatic rings. The SMILES string of the molecule is COC(=O)CC1NCCN(c2ccccc2F)C1=O. The molecule has 1 heterocycles. The molecule has 1 aromatic rings. The van der Waals surface area contributed by atoms with Gasteiger partial charge in [0.2, 0.25) is 5.91 Å². The van der Waals surface area contributed by atoms with Crippen molar-refractivity contribution in [1.29, 1.82) is 0 Å². The number of piperazine rings is 1. The van der Waals surface area contributed by atoms with Gasteiger partial charge in [-0.3, -0.25) is 9.59 Å². The van der Waals surface area contributed by atoms with E-state index < -0.39 is 17.8 Å². The molecule has 1 aliphatic heterocycles. The Balaban J connectivity index is 2.17. The van der Waals surface area contributed by atoms with Crippen molar-refractivity contribution in [2.75, 3.05) is 25.1 Å². The number of methoxy groups -OCH3 is 1. The van der Waals surface area contributed by atoms with Crippen LogP contribution in [-0.2, 0) is 14.3 Å². The summed E-state index contributed by atoms with van der Waals surface area (Å²) in [6.45, 7) is 0.874. The van der Waals surface area contributed by atoms with E-state index in [0.717, 1.165) is 0 Å².